The molecular formula is C19H22N4O4. The Morgan fingerprint density at radius 3 is 2.85 bits per heavy atom. The number of amides is 1. The van der Waals surface area contributed by atoms with Gasteiger partial charge in [-0.05, 0) is 26.3 Å². The fraction of sp³-hybridized carbons (Fsp3) is 0.421. The van der Waals surface area contributed by atoms with Gasteiger partial charge in [0.25, 0.3) is 11.5 Å². The molecule has 0 saturated carbocycles. The number of hydrogen-bond donors (Lipinski definition) is 1. The normalized spacial score (nSPS) is 16.9. The quantitative estimate of drug-likeness (QED) is 0.754. The predicted octanol–water partition coefficient (Wildman–Crippen LogP) is 1.68. The van der Waals surface area contributed by atoms with Crippen LogP contribution >= 0.6 is 0 Å². The van der Waals surface area contributed by atoms with Gasteiger partial charge >= 0.3 is 0 Å². The van der Waals surface area contributed by atoms with Crippen molar-refractivity contribution >= 4 is 11.6 Å². The van der Waals surface area contributed by atoms with E-state index in [1.165, 1.54) is 4.57 Å². The number of carbonyl (C=O) groups excluding carboxylic acids is 1. The van der Waals surface area contributed by atoms with Gasteiger partial charge in [-0.1, -0.05) is 0 Å². The number of carbonyl (C=O) groups is 1. The summed E-state index contributed by atoms with van der Waals surface area (Å²) < 4.78 is 14.0. The molecule has 4 rings (SSSR count). The SMILES string of the molecule is Cc1cc(-c2cn3cc(C(=O)NC[C@@H]4CCOC4)nc3c(=O)n2C)c(C)o1. The van der Waals surface area contributed by atoms with E-state index in [2.05, 4.69) is 10.3 Å². The van der Waals surface area contributed by atoms with Gasteiger partial charge in [0.2, 0.25) is 5.65 Å². The molecule has 1 N–H and O–H groups in total. The van der Waals surface area contributed by atoms with Crippen LogP contribution < -0.4 is 10.9 Å². The number of ether oxygens (including phenoxy) is 1. The molecule has 3 aromatic heterocycles. The van der Waals surface area contributed by atoms with Crippen molar-refractivity contribution in [1.29, 1.82) is 0 Å². The summed E-state index contributed by atoms with van der Waals surface area (Å²) in [7, 11) is 1.69. The third-order valence-corrected chi connectivity index (χ3v) is 4.98. The number of aryl methyl sites for hydroxylation is 2. The molecule has 1 atom stereocenters. The number of nitrogens with zero attached hydrogens (tertiary/aromatic N) is 3. The summed E-state index contributed by atoms with van der Waals surface area (Å²) >= 11 is 0. The third kappa shape index (κ3) is 3.16. The minimum Gasteiger partial charge on any atom is -0.466 e. The average molecular weight is 370 g/mol. The summed E-state index contributed by atoms with van der Waals surface area (Å²) in [5, 5.41) is 2.88. The lowest BCUT2D eigenvalue weighted by Crippen LogP contribution is -2.29. The predicted molar refractivity (Wildman–Crippen MR) is 98.9 cm³/mol. The van der Waals surface area contributed by atoms with Crippen molar-refractivity contribution in [2.24, 2.45) is 13.0 Å². The van der Waals surface area contributed by atoms with Gasteiger partial charge < -0.3 is 19.0 Å². The molecule has 1 amide bonds. The van der Waals surface area contributed by atoms with Gasteiger partial charge in [-0.15, -0.1) is 0 Å². The summed E-state index contributed by atoms with van der Waals surface area (Å²) in [4.78, 5) is 29.4. The zero-order valence-electron chi connectivity index (χ0n) is 15.6. The Morgan fingerprint density at radius 2 is 2.19 bits per heavy atom. The summed E-state index contributed by atoms with van der Waals surface area (Å²) in [6, 6.07) is 1.89. The van der Waals surface area contributed by atoms with E-state index in [-0.39, 0.29) is 22.8 Å². The van der Waals surface area contributed by atoms with Crippen LogP contribution in [0.1, 0.15) is 28.4 Å². The molecule has 1 saturated heterocycles. The van der Waals surface area contributed by atoms with E-state index in [0.29, 0.717) is 24.8 Å². The zero-order valence-corrected chi connectivity index (χ0v) is 15.6. The Balaban J connectivity index is 1.67. The van der Waals surface area contributed by atoms with E-state index < -0.39 is 0 Å². The standard InChI is InChI=1S/C19H22N4O4/c1-11-6-14(12(2)27-11)16-9-23-8-15(21-17(23)19(25)22(16)3)18(24)20-7-13-4-5-26-10-13/h6,8-9,13H,4-5,7,10H2,1-3H3,(H,20,24)/t13-/m0/s1. The number of imidazole rings is 1. The second kappa shape index (κ2) is 6.70. The third-order valence-electron chi connectivity index (χ3n) is 4.98. The highest BCUT2D eigenvalue weighted by molar-refractivity contribution is 5.92. The number of fused-ring (bicyclic) bond motifs is 1. The lowest BCUT2D eigenvalue weighted by Gasteiger charge is -2.07. The Kier molecular flexibility index (Phi) is 4.35. The first-order valence-electron chi connectivity index (χ1n) is 8.96. The minimum atomic E-state index is -0.287. The lowest BCUT2D eigenvalue weighted by molar-refractivity contribution is 0.0940. The molecule has 8 nitrogen and oxygen atoms in total. The van der Waals surface area contributed by atoms with Crippen molar-refractivity contribution in [2.45, 2.75) is 20.3 Å². The molecule has 1 aliphatic rings. The van der Waals surface area contributed by atoms with Crippen LogP contribution in [0.4, 0.5) is 0 Å². The maximum Gasteiger partial charge on any atom is 0.294 e. The van der Waals surface area contributed by atoms with Crippen molar-refractivity contribution in [2.75, 3.05) is 19.8 Å². The average Bonchev–Trinajstić information content (AvgIpc) is 3.36. The van der Waals surface area contributed by atoms with Crippen LogP contribution in [0.25, 0.3) is 16.9 Å². The zero-order chi connectivity index (χ0) is 19.1. The molecule has 8 heteroatoms. The second-order valence-corrected chi connectivity index (χ2v) is 7.00. The molecule has 27 heavy (non-hydrogen) atoms. The van der Waals surface area contributed by atoms with E-state index in [4.69, 9.17) is 9.15 Å². The van der Waals surface area contributed by atoms with E-state index in [9.17, 15) is 9.59 Å². The maximum absolute atomic E-state index is 12.7. The highest BCUT2D eigenvalue weighted by Gasteiger charge is 2.20. The van der Waals surface area contributed by atoms with Gasteiger partial charge in [0, 0.05) is 44.1 Å². The fourth-order valence-corrected chi connectivity index (χ4v) is 3.44. The van der Waals surface area contributed by atoms with E-state index in [1.54, 1.807) is 23.8 Å². The van der Waals surface area contributed by atoms with Gasteiger partial charge in [-0.3, -0.25) is 14.0 Å². The number of aromatic nitrogens is 3. The van der Waals surface area contributed by atoms with Gasteiger partial charge in [0.1, 0.15) is 17.2 Å². The Hall–Kier alpha value is -2.87. The van der Waals surface area contributed by atoms with Gasteiger partial charge in [-0.25, -0.2) is 4.98 Å². The van der Waals surface area contributed by atoms with Crippen molar-refractivity contribution in [3.63, 3.8) is 0 Å². The van der Waals surface area contributed by atoms with Crippen molar-refractivity contribution in [3.8, 4) is 11.3 Å². The van der Waals surface area contributed by atoms with E-state index >= 15 is 0 Å². The van der Waals surface area contributed by atoms with Crippen molar-refractivity contribution < 1.29 is 13.9 Å². The first-order valence-corrected chi connectivity index (χ1v) is 8.96. The summed E-state index contributed by atoms with van der Waals surface area (Å²) in [6.07, 6.45) is 4.32. The highest BCUT2D eigenvalue weighted by Crippen LogP contribution is 2.25. The molecule has 0 unspecified atom stereocenters. The van der Waals surface area contributed by atoms with Crippen LogP contribution in [0.3, 0.4) is 0 Å². The van der Waals surface area contributed by atoms with Crippen LogP contribution in [-0.2, 0) is 11.8 Å². The maximum atomic E-state index is 12.7. The summed E-state index contributed by atoms with van der Waals surface area (Å²) in [5.41, 5.74) is 1.72. The highest BCUT2D eigenvalue weighted by atomic mass is 16.5. The lowest BCUT2D eigenvalue weighted by atomic mass is 10.1. The monoisotopic (exact) mass is 370 g/mol. The molecule has 0 radical (unpaired) electrons. The molecule has 1 aliphatic heterocycles. The van der Waals surface area contributed by atoms with Gasteiger partial charge in [0.05, 0.1) is 12.3 Å². The fourth-order valence-electron chi connectivity index (χ4n) is 3.44. The number of hydrogen-bond acceptors (Lipinski definition) is 5. The Labute approximate surface area is 155 Å². The van der Waals surface area contributed by atoms with E-state index in [1.807, 2.05) is 19.9 Å². The van der Waals surface area contributed by atoms with Crippen LogP contribution in [-0.4, -0.2) is 39.6 Å². The summed E-state index contributed by atoms with van der Waals surface area (Å²) in [6.45, 7) is 5.67. The van der Waals surface area contributed by atoms with Crippen LogP contribution in [0.5, 0.6) is 0 Å². The molecule has 1 fully saturated rings. The number of rotatable bonds is 4. The smallest absolute Gasteiger partial charge is 0.294 e. The second-order valence-electron chi connectivity index (χ2n) is 7.00. The Morgan fingerprint density at radius 1 is 1.37 bits per heavy atom. The molecule has 3 aromatic rings. The number of furan rings is 1. The van der Waals surface area contributed by atoms with Crippen LogP contribution in [0.2, 0.25) is 0 Å². The van der Waals surface area contributed by atoms with Crippen LogP contribution in [0.15, 0.2) is 27.7 Å². The van der Waals surface area contributed by atoms with Crippen LogP contribution in [0, 0.1) is 19.8 Å². The largest absolute Gasteiger partial charge is 0.466 e. The molecular weight excluding hydrogens is 348 g/mol. The molecule has 0 bridgehead atoms. The minimum absolute atomic E-state index is 0.216. The molecule has 0 spiro atoms. The van der Waals surface area contributed by atoms with Crippen molar-refractivity contribution in [1.82, 2.24) is 19.3 Å². The van der Waals surface area contributed by atoms with E-state index in [0.717, 1.165) is 30.1 Å². The molecule has 0 aromatic carbocycles. The summed E-state index contributed by atoms with van der Waals surface area (Å²) in [5.74, 6) is 1.55. The van der Waals surface area contributed by atoms with Gasteiger partial charge in [0.15, 0.2) is 0 Å². The first-order chi connectivity index (χ1) is 12.9. The first kappa shape index (κ1) is 17.5. The molecule has 4 heterocycles. The molecule has 0 aliphatic carbocycles. The topological polar surface area (TPSA) is 90.8 Å². The molecule has 142 valence electrons. The Bertz CT molecular complexity index is 1070. The number of nitrogens with one attached hydrogen (secondary N) is 1. The van der Waals surface area contributed by atoms with Crippen molar-refractivity contribution in [3.05, 3.63) is 46.0 Å². The van der Waals surface area contributed by atoms with Gasteiger partial charge in [-0.2, -0.15) is 0 Å².